The zero-order valence-corrected chi connectivity index (χ0v) is 20.5. The van der Waals surface area contributed by atoms with Crippen molar-refractivity contribution in [1.29, 1.82) is 0 Å². The minimum atomic E-state index is -1.28. The van der Waals surface area contributed by atoms with Gasteiger partial charge in [0.05, 0.1) is 6.04 Å². The van der Waals surface area contributed by atoms with Crippen LogP contribution in [0.5, 0.6) is 0 Å². The third kappa shape index (κ3) is 9.54. The maximum atomic E-state index is 13.3. The van der Waals surface area contributed by atoms with Gasteiger partial charge in [-0.2, -0.15) is 0 Å². The molecular formula is C24H35N7O6. The molecule has 1 heterocycles. The molecule has 1 aromatic carbocycles. The molecule has 2 aromatic rings. The summed E-state index contributed by atoms with van der Waals surface area (Å²) in [5.74, 6) is -4.01. The van der Waals surface area contributed by atoms with Crippen LogP contribution in [0.4, 0.5) is 0 Å². The molecule has 3 atom stereocenters. The van der Waals surface area contributed by atoms with Crippen LogP contribution in [-0.2, 0) is 30.4 Å². The van der Waals surface area contributed by atoms with Gasteiger partial charge in [-0.15, -0.1) is 0 Å². The van der Waals surface area contributed by atoms with Crippen molar-refractivity contribution in [3.63, 3.8) is 0 Å². The van der Waals surface area contributed by atoms with Crippen molar-refractivity contribution in [1.82, 2.24) is 20.9 Å². The molecule has 0 aliphatic heterocycles. The Bertz CT molecular complexity index is 1100. The lowest BCUT2D eigenvalue weighted by Gasteiger charge is -2.24. The molecule has 0 radical (unpaired) electrons. The van der Waals surface area contributed by atoms with Crippen molar-refractivity contribution in [3.05, 3.63) is 36.0 Å². The van der Waals surface area contributed by atoms with Gasteiger partial charge in [-0.05, 0) is 37.4 Å². The molecule has 0 aliphatic rings. The number of carboxylic acids is 1. The first-order valence-corrected chi connectivity index (χ1v) is 12.0. The highest BCUT2D eigenvalue weighted by molar-refractivity contribution is 5.94. The Hall–Kier alpha value is -3.97. The highest BCUT2D eigenvalue weighted by Crippen LogP contribution is 2.19. The van der Waals surface area contributed by atoms with Crippen molar-refractivity contribution in [2.24, 2.45) is 17.2 Å². The summed E-state index contributed by atoms with van der Waals surface area (Å²) in [6.45, 7) is -0.203. The second-order valence-corrected chi connectivity index (χ2v) is 8.69. The number of carbonyl (C=O) groups is 5. The van der Waals surface area contributed by atoms with E-state index in [4.69, 9.17) is 22.3 Å². The summed E-state index contributed by atoms with van der Waals surface area (Å²) in [5.41, 5.74) is 18.3. The van der Waals surface area contributed by atoms with E-state index in [-0.39, 0.29) is 19.3 Å². The third-order valence-corrected chi connectivity index (χ3v) is 5.76. The van der Waals surface area contributed by atoms with Crippen LogP contribution in [-0.4, -0.2) is 70.9 Å². The van der Waals surface area contributed by atoms with Gasteiger partial charge in [0.2, 0.25) is 23.6 Å². The number of nitrogens with one attached hydrogen (secondary N) is 4. The minimum Gasteiger partial charge on any atom is -0.480 e. The van der Waals surface area contributed by atoms with Crippen LogP contribution in [0.1, 0.15) is 37.7 Å². The number of H-pyrrole nitrogens is 1. The van der Waals surface area contributed by atoms with Crippen molar-refractivity contribution in [2.75, 3.05) is 13.1 Å². The van der Waals surface area contributed by atoms with Gasteiger partial charge >= 0.3 is 5.97 Å². The van der Waals surface area contributed by atoms with Crippen molar-refractivity contribution in [2.45, 2.75) is 56.7 Å². The van der Waals surface area contributed by atoms with E-state index in [0.717, 1.165) is 16.5 Å². The van der Waals surface area contributed by atoms with E-state index in [1.165, 1.54) is 0 Å². The Balaban J connectivity index is 2.24. The number of hydrogen-bond donors (Lipinski definition) is 8. The summed E-state index contributed by atoms with van der Waals surface area (Å²) < 4.78 is 0. The fraction of sp³-hybridized carbons (Fsp3) is 0.458. The normalized spacial score (nSPS) is 13.4. The predicted octanol–water partition coefficient (Wildman–Crippen LogP) is -1.40. The lowest BCUT2D eigenvalue weighted by atomic mass is 10.0. The maximum Gasteiger partial charge on any atom is 0.322 e. The molecule has 0 saturated carbocycles. The lowest BCUT2D eigenvalue weighted by Crippen LogP contribution is -2.56. The van der Waals surface area contributed by atoms with E-state index in [1.54, 1.807) is 6.20 Å². The summed E-state index contributed by atoms with van der Waals surface area (Å²) >= 11 is 0. The van der Waals surface area contributed by atoms with E-state index in [1.807, 2.05) is 24.3 Å². The SMILES string of the molecule is NCCCCC(N)C(=O)NC(Cc1c[nH]c2ccccc12)C(=O)NC(CCC(N)=O)C(=O)NCC(=O)O. The number of nitrogens with two attached hydrogens (primary N) is 3. The van der Waals surface area contributed by atoms with Crippen LogP contribution in [0, 0.1) is 0 Å². The highest BCUT2D eigenvalue weighted by Gasteiger charge is 2.29. The van der Waals surface area contributed by atoms with Gasteiger partial charge in [-0.1, -0.05) is 24.6 Å². The van der Waals surface area contributed by atoms with E-state index < -0.39 is 54.3 Å². The number of para-hydroxylation sites is 1. The van der Waals surface area contributed by atoms with Gasteiger partial charge in [-0.3, -0.25) is 24.0 Å². The first-order valence-electron chi connectivity index (χ1n) is 12.0. The second-order valence-electron chi connectivity index (χ2n) is 8.69. The Kier molecular flexibility index (Phi) is 11.5. The fourth-order valence-corrected chi connectivity index (χ4v) is 3.76. The molecule has 11 N–H and O–H groups in total. The number of aromatic amines is 1. The molecule has 0 bridgehead atoms. The number of primary amides is 1. The maximum absolute atomic E-state index is 13.3. The van der Waals surface area contributed by atoms with E-state index >= 15 is 0 Å². The van der Waals surface area contributed by atoms with Crippen LogP contribution in [0.2, 0.25) is 0 Å². The number of rotatable bonds is 16. The number of benzene rings is 1. The van der Waals surface area contributed by atoms with E-state index in [9.17, 15) is 24.0 Å². The van der Waals surface area contributed by atoms with Gasteiger partial charge in [0, 0.05) is 29.9 Å². The number of aliphatic carboxylic acids is 1. The summed E-state index contributed by atoms with van der Waals surface area (Å²) in [6, 6.07) is 4.20. The van der Waals surface area contributed by atoms with E-state index in [2.05, 4.69) is 20.9 Å². The van der Waals surface area contributed by atoms with E-state index in [0.29, 0.717) is 25.8 Å². The van der Waals surface area contributed by atoms with Gasteiger partial charge in [0.1, 0.15) is 18.6 Å². The van der Waals surface area contributed by atoms with Crippen LogP contribution >= 0.6 is 0 Å². The Morgan fingerprint density at radius 1 is 0.946 bits per heavy atom. The summed E-state index contributed by atoms with van der Waals surface area (Å²) in [5, 5.41) is 17.1. The molecule has 202 valence electrons. The topological polar surface area (TPSA) is 236 Å². The monoisotopic (exact) mass is 517 g/mol. The largest absolute Gasteiger partial charge is 0.480 e. The molecule has 13 heteroatoms. The lowest BCUT2D eigenvalue weighted by molar-refractivity contribution is -0.138. The zero-order chi connectivity index (χ0) is 27.4. The number of carbonyl (C=O) groups excluding carboxylic acids is 4. The number of amides is 4. The van der Waals surface area contributed by atoms with Gasteiger partial charge in [0.25, 0.3) is 0 Å². The molecule has 37 heavy (non-hydrogen) atoms. The van der Waals surface area contributed by atoms with Gasteiger partial charge in [-0.25, -0.2) is 0 Å². The Morgan fingerprint density at radius 3 is 2.32 bits per heavy atom. The number of carboxylic acid groups (broad SMARTS) is 1. The van der Waals surface area contributed by atoms with Gasteiger partial charge in [0.15, 0.2) is 0 Å². The smallest absolute Gasteiger partial charge is 0.322 e. The molecular weight excluding hydrogens is 482 g/mol. The highest BCUT2D eigenvalue weighted by atomic mass is 16.4. The molecule has 0 saturated heterocycles. The quantitative estimate of drug-likeness (QED) is 0.123. The fourth-order valence-electron chi connectivity index (χ4n) is 3.76. The molecule has 0 fully saturated rings. The molecule has 1 aromatic heterocycles. The predicted molar refractivity (Wildman–Crippen MR) is 136 cm³/mol. The number of fused-ring (bicyclic) bond motifs is 1. The second kappa shape index (κ2) is 14.6. The first kappa shape index (κ1) is 29.3. The van der Waals surface area contributed by atoms with Gasteiger partial charge < -0.3 is 43.2 Å². The molecule has 3 unspecified atom stereocenters. The molecule has 4 amide bonds. The standard InChI is InChI=1S/C24H35N7O6/c25-10-4-3-6-16(26)22(35)31-19(11-14-12-28-17-7-2-1-5-15(14)17)24(37)30-18(8-9-20(27)32)23(36)29-13-21(33)34/h1-2,5,7,12,16,18-19,28H,3-4,6,8-11,13,25-26H2,(H2,27,32)(H,29,36)(H,30,37)(H,31,35)(H,33,34). The van der Waals surface area contributed by atoms with Crippen molar-refractivity contribution in [3.8, 4) is 0 Å². The number of hydrogen-bond acceptors (Lipinski definition) is 7. The van der Waals surface area contributed by atoms with Crippen LogP contribution < -0.4 is 33.2 Å². The Labute approximate surface area is 213 Å². The van der Waals surface area contributed by atoms with Crippen LogP contribution in [0.3, 0.4) is 0 Å². The molecule has 2 rings (SSSR count). The molecule has 13 nitrogen and oxygen atoms in total. The summed E-state index contributed by atoms with van der Waals surface area (Å²) in [4.78, 5) is 63.9. The average molecular weight is 518 g/mol. The van der Waals surface area contributed by atoms with Crippen molar-refractivity contribution < 1.29 is 29.1 Å². The summed E-state index contributed by atoms with van der Waals surface area (Å²) in [6.07, 6.45) is 3.15. The molecule has 0 aliphatic carbocycles. The van der Waals surface area contributed by atoms with Crippen molar-refractivity contribution >= 4 is 40.5 Å². The first-order chi connectivity index (χ1) is 17.6. The Morgan fingerprint density at radius 2 is 1.65 bits per heavy atom. The number of unbranched alkanes of at least 4 members (excludes halogenated alkanes) is 1. The zero-order valence-electron chi connectivity index (χ0n) is 20.5. The molecule has 0 spiro atoms. The minimum absolute atomic E-state index is 0.0798. The summed E-state index contributed by atoms with van der Waals surface area (Å²) in [7, 11) is 0. The van der Waals surface area contributed by atoms with Crippen LogP contribution in [0.15, 0.2) is 30.5 Å². The van der Waals surface area contributed by atoms with Crippen LogP contribution in [0.25, 0.3) is 10.9 Å². The average Bonchev–Trinajstić information content (AvgIpc) is 3.27. The third-order valence-electron chi connectivity index (χ3n) is 5.76. The number of aromatic nitrogens is 1.